The first-order chi connectivity index (χ1) is 9.14. The van der Waals surface area contributed by atoms with Crippen molar-refractivity contribution in [1.29, 1.82) is 0 Å². The molecule has 1 fully saturated rings. The third kappa shape index (κ3) is 3.80. The van der Waals surface area contributed by atoms with Crippen molar-refractivity contribution in [2.24, 2.45) is 0 Å². The molecule has 3 heteroatoms. The van der Waals surface area contributed by atoms with Crippen molar-refractivity contribution >= 4 is 15.9 Å². The summed E-state index contributed by atoms with van der Waals surface area (Å²) in [6.07, 6.45) is 6.79. The molecule has 0 unspecified atom stereocenters. The topological polar surface area (TPSA) is 15.3 Å². The second-order valence-electron chi connectivity index (χ2n) is 5.87. The van der Waals surface area contributed by atoms with Crippen molar-refractivity contribution in [2.45, 2.75) is 44.2 Å². The molecule has 2 rings (SSSR count). The van der Waals surface area contributed by atoms with Crippen LogP contribution in [0.5, 0.6) is 0 Å². The van der Waals surface area contributed by atoms with Crippen molar-refractivity contribution in [2.75, 3.05) is 20.6 Å². The summed E-state index contributed by atoms with van der Waals surface area (Å²) in [4.78, 5) is 2.43. The quantitative estimate of drug-likeness (QED) is 0.886. The van der Waals surface area contributed by atoms with Crippen molar-refractivity contribution in [3.8, 4) is 0 Å². The molecule has 1 N–H and O–H groups in total. The lowest BCUT2D eigenvalue weighted by Crippen LogP contribution is -2.52. The van der Waals surface area contributed by atoms with Gasteiger partial charge in [0.25, 0.3) is 0 Å². The molecule has 0 aliphatic heterocycles. The highest BCUT2D eigenvalue weighted by Crippen LogP contribution is 2.31. The molecule has 1 aliphatic carbocycles. The fourth-order valence-corrected chi connectivity index (χ4v) is 3.49. The molecule has 0 amide bonds. The smallest absolute Gasteiger partial charge is 0.0328 e. The molecular weight excluding hydrogens is 300 g/mol. The molecule has 0 aromatic heterocycles. The number of benzene rings is 1. The molecule has 1 aromatic carbocycles. The SMILES string of the molecule is CN(C)C1(CNCc2ccccc2Br)CCCCC1. The van der Waals surface area contributed by atoms with E-state index in [0.29, 0.717) is 5.54 Å². The number of hydrogen-bond donors (Lipinski definition) is 1. The van der Waals surface area contributed by atoms with Crippen LogP contribution in [-0.2, 0) is 6.54 Å². The summed E-state index contributed by atoms with van der Waals surface area (Å²) >= 11 is 3.61. The Balaban J connectivity index is 1.91. The Kier molecular flexibility index (Phi) is 5.43. The van der Waals surface area contributed by atoms with Gasteiger partial charge in [0.05, 0.1) is 0 Å². The van der Waals surface area contributed by atoms with Gasteiger partial charge in [0, 0.05) is 23.1 Å². The zero-order valence-corrected chi connectivity index (χ0v) is 13.7. The van der Waals surface area contributed by atoms with Crippen LogP contribution in [0.4, 0.5) is 0 Å². The summed E-state index contributed by atoms with van der Waals surface area (Å²) in [6.45, 7) is 2.03. The van der Waals surface area contributed by atoms with Gasteiger partial charge in [-0.1, -0.05) is 53.4 Å². The van der Waals surface area contributed by atoms with Crippen LogP contribution in [0.1, 0.15) is 37.7 Å². The van der Waals surface area contributed by atoms with Crippen LogP contribution in [0.2, 0.25) is 0 Å². The Labute approximate surface area is 125 Å². The first-order valence-corrected chi connectivity index (χ1v) is 8.05. The first kappa shape index (κ1) is 15.0. The number of likely N-dealkylation sites (N-methyl/N-ethyl adjacent to an activating group) is 1. The summed E-state index contributed by atoms with van der Waals surface area (Å²) in [5, 5.41) is 3.66. The first-order valence-electron chi connectivity index (χ1n) is 7.26. The minimum atomic E-state index is 0.361. The van der Waals surface area contributed by atoms with Crippen LogP contribution >= 0.6 is 15.9 Å². The molecule has 0 atom stereocenters. The van der Waals surface area contributed by atoms with Crippen LogP contribution in [0.25, 0.3) is 0 Å². The number of nitrogens with one attached hydrogen (secondary N) is 1. The third-order valence-corrected chi connectivity index (χ3v) is 5.23. The van der Waals surface area contributed by atoms with E-state index < -0.39 is 0 Å². The molecule has 2 nitrogen and oxygen atoms in total. The van der Waals surface area contributed by atoms with Crippen LogP contribution in [0, 0.1) is 0 Å². The average molecular weight is 325 g/mol. The highest BCUT2D eigenvalue weighted by Gasteiger charge is 2.33. The normalized spacial score (nSPS) is 18.7. The van der Waals surface area contributed by atoms with Gasteiger partial charge in [-0.3, -0.25) is 0 Å². The van der Waals surface area contributed by atoms with Gasteiger partial charge in [-0.05, 0) is 38.6 Å². The fourth-order valence-electron chi connectivity index (χ4n) is 3.06. The van der Waals surface area contributed by atoms with Crippen molar-refractivity contribution in [1.82, 2.24) is 10.2 Å². The van der Waals surface area contributed by atoms with Crippen molar-refractivity contribution < 1.29 is 0 Å². The van der Waals surface area contributed by atoms with Gasteiger partial charge < -0.3 is 10.2 Å². The maximum absolute atomic E-state index is 3.66. The highest BCUT2D eigenvalue weighted by molar-refractivity contribution is 9.10. The summed E-state index contributed by atoms with van der Waals surface area (Å²) in [6, 6.07) is 8.46. The van der Waals surface area contributed by atoms with Gasteiger partial charge >= 0.3 is 0 Å². The largest absolute Gasteiger partial charge is 0.311 e. The van der Waals surface area contributed by atoms with Crippen LogP contribution < -0.4 is 5.32 Å². The lowest BCUT2D eigenvalue weighted by Gasteiger charge is -2.43. The Bertz CT molecular complexity index is 397. The van der Waals surface area contributed by atoms with E-state index in [4.69, 9.17) is 0 Å². The minimum absolute atomic E-state index is 0.361. The minimum Gasteiger partial charge on any atom is -0.311 e. The van der Waals surface area contributed by atoms with E-state index in [9.17, 15) is 0 Å². The highest BCUT2D eigenvalue weighted by atomic mass is 79.9. The molecule has 19 heavy (non-hydrogen) atoms. The summed E-state index contributed by atoms with van der Waals surface area (Å²) in [7, 11) is 4.46. The van der Waals surface area contributed by atoms with E-state index in [0.717, 1.165) is 13.1 Å². The van der Waals surface area contributed by atoms with E-state index in [1.54, 1.807) is 0 Å². The molecule has 106 valence electrons. The summed E-state index contributed by atoms with van der Waals surface area (Å²) < 4.78 is 1.20. The van der Waals surface area contributed by atoms with E-state index >= 15 is 0 Å². The van der Waals surface area contributed by atoms with E-state index in [1.807, 2.05) is 0 Å². The van der Waals surface area contributed by atoms with Gasteiger partial charge in [-0.2, -0.15) is 0 Å². The van der Waals surface area contributed by atoms with Crippen molar-refractivity contribution in [3.63, 3.8) is 0 Å². The molecule has 0 radical (unpaired) electrons. The van der Waals surface area contributed by atoms with Crippen LogP contribution in [0.15, 0.2) is 28.7 Å². The molecule has 0 saturated heterocycles. The second-order valence-corrected chi connectivity index (χ2v) is 6.73. The Morgan fingerprint density at radius 2 is 1.84 bits per heavy atom. The fraction of sp³-hybridized carbons (Fsp3) is 0.625. The number of hydrogen-bond acceptors (Lipinski definition) is 2. The van der Waals surface area contributed by atoms with Gasteiger partial charge in [0.2, 0.25) is 0 Å². The van der Waals surface area contributed by atoms with Gasteiger partial charge in [-0.25, -0.2) is 0 Å². The summed E-state index contributed by atoms with van der Waals surface area (Å²) in [5.41, 5.74) is 1.70. The number of nitrogens with zero attached hydrogens (tertiary/aromatic N) is 1. The lowest BCUT2D eigenvalue weighted by molar-refractivity contribution is 0.0984. The lowest BCUT2D eigenvalue weighted by atomic mass is 9.80. The van der Waals surface area contributed by atoms with E-state index in [2.05, 4.69) is 64.5 Å². The third-order valence-electron chi connectivity index (χ3n) is 4.46. The Morgan fingerprint density at radius 3 is 2.47 bits per heavy atom. The van der Waals surface area contributed by atoms with Crippen LogP contribution in [0.3, 0.4) is 0 Å². The molecule has 0 bridgehead atoms. The van der Waals surface area contributed by atoms with Crippen molar-refractivity contribution in [3.05, 3.63) is 34.3 Å². The standard InChI is InChI=1S/C16H25BrN2/c1-19(2)16(10-6-3-7-11-16)13-18-12-14-8-4-5-9-15(14)17/h4-5,8-9,18H,3,6-7,10-13H2,1-2H3. The monoisotopic (exact) mass is 324 g/mol. The van der Waals surface area contributed by atoms with E-state index in [-0.39, 0.29) is 0 Å². The number of rotatable bonds is 5. The number of halogens is 1. The molecule has 0 spiro atoms. The predicted octanol–water partition coefficient (Wildman–Crippen LogP) is 3.80. The van der Waals surface area contributed by atoms with E-state index in [1.165, 1.54) is 42.1 Å². The maximum Gasteiger partial charge on any atom is 0.0328 e. The maximum atomic E-state index is 3.66. The molecule has 1 aliphatic rings. The summed E-state index contributed by atoms with van der Waals surface area (Å²) in [5.74, 6) is 0. The Morgan fingerprint density at radius 1 is 1.16 bits per heavy atom. The zero-order valence-electron chi connectivity index (χ0n) is 12.1. The van der Waals surface area contributed by atoms with Crippen LogP contribution in [-0.4, -0.2) is 31.1 Å². The van der Waals surface area contributed by atoms with Gasteiger partial charge in [0.1, 0.15) is 0 Å². The average Bonchev–Trinajstić information content (AvgIpc) is 2.42. The Hall–Kier alpha value is -0.380. The molecule has 1 aromatic rings. The molecule has 0 heterocycles. The molecular formula is C16H25BrN2. The predicted molar refractivity (Wildman–Crippen MR) is 85.4 cm³/mol. The van der Waals surface area contributed by atoms with Gasteiger partial charge in [0.15, 0.2) is 0 Å². The molecule has 1 saturated carbocycles. The second kappa shape index (κ2) is 6.87. The zero-order chi connectivity index (χ0) is 13.7. The van der Waals surface area contributed by atoms with Gasteiger partial charge in [-0.15, -0.1) is 0 Å².